The number of hydrogen-bond donors (Lipinski definition) is 1. The summed E-state index contributed by atoms with van der Waals surface area (Å²) in [4.78, 5) is 11.2. The van der Waals surface area contributed by atoms with Crippen LogP contribution in [0.3, 0.4) is 0 Å². The van der Waals surface area contributed by atoms with Gasteiger partial charge in [-0.2, -0.15) is 5.10 Å². The van der Waals surface area contributed by atoms with E-state index in [1.807, 2.05) is 6.92 Å². The van der Waals surface area contributed by atoms with Crippen molar-refractivity contribution in [2.75, 3.05) is 12.0 Å². The molecule has 0 unspecified atom stereocenters. The monoisotopic (exact) mass is 238 g/mol. The Kier molecular flexibility index (Phi) is 4.63. The average molecular weight is 238 g/mol. The number of carbonyl (C=O) groups is 1. The SMILES string of the molecule is CCOC(=O)C(C)=NNc1cc(C)ccc1F. The summed E-state index contributed by atoms with van der Waals surface area (Å²) < 4.78 is 18.1. The quantitative estimate of drug-likeness (QED) is 0.498. The van der Waals surface area contributed by atoms with Crippen LogP contribution in [0, 0.1) is 12.7 Å². The zero-order valence-electron chi connectivity index (χ0n) is 10.1. The highest BCUT2D eigenvalue weighted by atomic mass is 19.1. The number of hydrazone groups is 1. The minimum atomic E-state index is -0.520. The van der Waals surface area contributed by atoms with Crippen molar-refractivity contribution >= 4 is 17.4 Å². The molecule has 0 aliphatic heterocycles. The zero-order chi connectivity index (χ0) is 12.8. The van der Waals surface area contributed by atoms with E-state index >= 15 is 0 Å². The molecule has 0 aromatic heterocycles. The van der Waals surface area contributed by atoms with E-state index in [-0.39, 0.29) is 18.0 Å². The standard InChI is InChI=1S/C12H15FN2O2/c1-4-17-12(16)9(3)14-15-11-7-8(2)5-6-10(11)13/h5-7,15H,4H2,1-3H3. The lowest BCUT2D eigenvalue weighted by atomic mass is 10.2. The third-order valence-electron chi connectivity index (χ3n) is 2.04. The smallest absolute Gasteiger partial charge is 0.354 e. The van der Waals surface area contributed by atoms with Gasteiger partial charge >= 0.3 is 5.97 Å². The first-order valence-corrected chi connectivity index (χ1v) is 5.28. The second kappa shape index (κ2) is 5.98. The van der Waals surface area contributed by atoms with Crippen molar-refractivity contribution in [2.45, 2.75) is 20.8 Å². The second-order valence-electron chi connectivity index (χ2n) is 3.51. The van der Waals surface area contributed by atoms with Gasteiger partial charge in [0.05, 0.1) is 12.3 Å². The molecule has 17 heavy (non-hydrogen) atoms. The van der Waals surface area contributed by atoms with Crippen LogP contribution in [0.5, 0.6) is 0 Å². The number of ether oxygens (including phenoxy) is 1. The van der Waals surface area contributed by atoms with Crippen LogP contribution in [0.2, 0.25) is 0 Å². The Labute approximate surface area is 99.5 Å². The number of carbonyl (C=O) groups excluding carboxylic acids is 1. The van der Waals surface area contributed by atoms with Crippen molar-refractivity contribution in [1.29, 1.82) is 0 Å². The zero-order valence-corrected chi connectivity index (χ0v) is 10.1. The number of hydrogen-bond acceptors (Lipinski definition) is 4. The molecular weight excluding hydrogens is 223 g/mol. The van der Waals surface area contributed by atoms with Crippen molar-refractivity contribution < 1.29 is 13.9 Å². The molecule has 0 saturated heterocycles. The maximum Gasteiger partial charge on any atom is 0.354 e. The van der Waals surface area contributed by atoms with E-state index in [0.29, 0.717) is 0 Å². The van der Waals surface area contributed by atoms with Crippen LogP contribution in [-0.4, -0.2) is 18.3 Å². The molecule has 1 aromatic carbocycles. The van der Waals surface area contributed by atoms with Crippen LogP contribution >= 0.6 is 0 Å². The molecule has 4 nitrogen and oxygen atoms in total. The van der Waals surface area contributed by atoms with Gasteiger partial charge in [0.15, 0.2) is 0 Å². The Morgan fingerprint density at radius 3 is 2.88 bits per heavy atom. The fraction of sp³-hybridized carbons (Fsp3) is 0.333. The molecule has 0 heterocycles. The van der Waals surface area contributed by atoms with Crippen LogP contribution < -0.4 is 5.43 Å². The number of anilines is 1. The highest BCUT2D eigenvalue weighted by molar-refractivity contribution is 6.35. The van der Waals surface area contributed by atoms with Gasteiger partial charge in [0.1, 0.15) is 11.5 Å². The lowest BCUT2D eigenvalue weighted by molar-refractivity contribution is -0.135. The Morgan fingerprint density at radius 2 is 2.24 bits per heavy atom. The second-order valence-corrected chi connectivity index (χ2v) is 3.51. The Hall–Kier alpha value is -1.91. The van der Waals surface area contributed by atoms with E-state index in [1.165, 1.54) is 13.0 Å². The summed E-state index contributed by atoms with van der Waals surface area (Å²) in [6.07, 6.45) is 0. The summed E-state index contributed by atoms with van der Waals surface area (Å²) >= 11 is 0. The molecule has 0 fully saturated rings. The summed E-state index contributed by atoms with van der Waals surface area (Å²) in [5.74, 6) is -0.941. The molecule has 0 aliphatic rings. The number of halogens is 1. The van der Waals surface area contributed by atoms with Gasteiger partial charge in [0.2, 0.25) is 0 Å². The molecule has 0 atom stereocenters. The van der Waals surface area contributed by atoms with Crippen molar-refractivity contribution in [3.63, 3.8) is 0 Å². The first-order chi connectivity index (χ1) is 8.04. The number of nitrogens with zero attached hydrogens (tertiary/aromatic N) is 1. The first-order valence-electron chi connectivity index (χ1n) is 5.28. The molecule has 1 N–H and O–H groups in total. The van der Waals surface area contributed by atoms with E-state index in [4.69, 9.17) is 4.74 Å². The van der Waals surface area contributed by atoms with Gasteiger partial charge < -0.3 is 4.74 Å². The van der Waals surface area contributed by atoms with Gasteiger partial charge in [0.25, 0.3) is 0 Å². The molecule has 0 saturated carbocycles. The van der Waals surface area contributed by atoms with Crippen LogP contribution in [0.1, 0.15) is 19.4 Å². The molecule has 92 valence electrons. The molecule has 0 spiro atoms. The fourth-order valence-electron chi connectivity index (χ4n) is 1.15. The van der Waals surface area contributed by atoms with E-state index < -0.39 is 11.8 Å². The third-order valence-corrected chi connectivity index (χ3v) is 2.04. The van der Waals surface area contributed by atoms with E-state index in [9.17, 15) is 9.18 Å². The highest BCUT2D eigenvalue weighted by Crippen LogP contribution is 2.15. The molecule has 0 bridgehead atoms. The predicted molar refractivity (Wildman–Crippen MR) is 64.5 cm³/mol. The minimum Gasteiger partial charge on any atom is -0.461 e. The summed E-state index contributed by atoms with van der Waals surface area (Å²) in [6.45, 7) is 5.33. The normalized spacial score (nSPS) is 11.2. The van der Waals surface area contributed by atoms with Crippen molar-refractivity contribution in [3.8, 4) is 0 Å². The van der Waals surface area contributed by atoms with E-state index in [1.54, 1.807) is 19.1 Å². The van der Waals surface area contributed by atoms with Crippen LogP contribution in [0.15, 0.2) is 23.3 Å². The average Bonchev–Trinajstić information content (AvgIpc) is 2.30. The van der Waals surface area contributed by atoms with Crippen molar-refractivity contribution in [1.82, 2.24) is 0 Å². The molecule has 1 aromatic rings. The summed E-state index contributed by atoms with van der Waals surface area (Å²) in [5.41, 5.74) is 3.78. The molecule has 0 amide bonds. The van der Waals surface area contributed by atoms with Crippen LogP contribution in [0.25, 0.3) is 0 Å². The van der Waals surface area contributed by atoms with Gasteiger partial charge in [-0.05, 0) is 38.5 Å². The van der Waals surface area contributed by atoms with Gasteiger partial charge in [-0.1, -0.05) is 6.07 Å². The molecular formula is C12H15FN2O2. The molecule has 5 heteroatoms. The van der Waals surface area contributed by atoms with Gasteiger partial charge in [-0.3, -0.25) is 5.43 Å². The third kappa shape index (κ3) is 3.86. The van der Waals surface area contributed by atoms with Crippen molar-refractivity contribution in [2.24, 2.45) is 5.10 Å². The van der Waals surface area contributed by atoms with Crippen molar-refractivity contribution in [3.05, 3.63) is 29.6 Å². The number of benzene rings is 1. The summed E-state index contributed by atoms with van der Waals surface area (Å²) in [5, 5.41) is 3.77. The van der Waals surface area contributed by atoms with Crippen LogP contribution in [-0.2, 0) is 9.53 Å². The summed E-state index contributed by atoms with van der Waals surface area (Å²) in [7, 11) is 0. The Balaban J connectivity index is 2.75. The van der Waals surface area contributed by atoms with E-state index in [2.05, 4.69) is 10.5 Å². The maximum absolute atomic E-state index is 13.3. The predicted octanol–water partition coefficient (Wildman–Crippen LogP) is 2.49. The molecule has 1 rings (SSSR count). The fourth-order valence-corrected chi connectivity index (χ4v) is 1.15. The number of nitrogens with one attached hydrogen (secondary N) is 1. The summed E-state index contributed by atoms with van der Waals surface area (Å²) in [6, 6.07) is 4.60. The van der Waals surface area contributed by atoms with Gasteiger partial charge in [-0.25, -0.2) is 9.18 Å². The lowest BCUT2D eigenvalue weighted by Crippen LogP contribution is -2.15. The van der Waals surface area contributed by atoms with Gasteiger partial charge in [0, 0.05) is 0 Å². The molecule has 0 aliphatic carbocycles. The lowest BCUT2D eigenvalue weighted by Gasteiger charge is -2.05. The highest BCUT2D eigenvalue weighted by Gasteiger charge is 2.07. The van der Waals surface area contributed by atoms with E-state index in [0.717, 1.165) is 5.56 Å². The first kappa shape index (κ1) is 13.2. The Morgan fingerprint density at radius 1 is 1.53 bits per heavy atom. The van der Waals surface area contributed by atoms with Gasteiger partial charge in [-0.15, -0.1) is 0 Å². The van der Waals surface area contributed by atoms with Crippen LogP contribution in [0.4, 0.5) is 10.1 Å². The number of rotatable bonds is 4. The maximum atomic E-state index is 13.3. The Bertz CT molecular complexity index is 444. The molecule has 0 radical (unpaired) electrons. The largest absolute Gasteiger partial charge is 0.461 e. The number of aryl methyl sites for hydroxylation is 1. The topological polar surface area (TPSA) is 50.7 Å². The number of esters is 1. The minimum absolute atomic E-state index is 0.146.